The first-order valence-electron chi connectivity index (χ1n) is 4.20. The predicted molar refractivity (Wildman–Crippen MR) is 44.9 cm³/mol. The summed E-state index contributed by atoms with van der Waals surface area (Å²) in [6, 6.07) is 2.11. The van der Waals surface area contributed by atoms with Crippen LogP contribution in [-0.4, -0.2) is 5.91 Å². The molecule has 0 bridgehead atoms. The van der Waals surface area contributed by atoms with Gasteiger partial charge in [-0.15, -0.1) is 0 Å². The summed E-state index contributed by atoms with van der Waals surface area (Å²) in [5, 5.41) is 11.4. The Morgan fingerprint density at radius 2 is 2.42 bits per heavy atom. The van der Waals surface area contributed by atoms with E-state index in [1.807, 2.05) is 0 Å². The van der Waals surface area contributed by atoms with Gasteiger partial charge in [-0.3, -0.25) is 4.79 Å². The number of carbonyl (C=O) groups is 1. The minimum absolute atomic E-state index is 0.000324. The van der Waals surface area contributed by atoms with E-state index < -0.39 is 0 Å². The van der Waals surface area contributed by atoms with Crippen molar-refractivity contribution < 1.29 is 4.79 Å². The van der Waals surface area contributed by atoms with E-state index in [1.54, 1.807) is 6.92 Å². The van der Waals surface area contributed by atoms with Gasteiger partial charge in [-0.25, -0.2) is 0 Å². The van der Waals surface area contributed by atoms with Crippen molar-refractivity contribution >= 4 is 5.91 Å². The van der Waals surface area contributed by atoms with Gasteiger partial charge in [0.15, 0.2) is 0 Å². The number of hydrogen-bond donors (Lipinski definition) is 1. The predicted octanol–water partition coefficient (Wildman–Crippen LogP) is 1.47. The lowest BCUT2D eigenvalue weighted by Gasteiger charge is -2.03. The first kappa shape index (κ1) is 8.79. The van der Waals surface area contributed by atoms with Gasteiger partial charge in [-0.2, -0.15) is 5.26 Å². The Morgan fingerprint density at radius 1 is 1.67 bits per heavy atom. The van der Waals surface area contributed by atoms with Crippen molar-refractivity contribution in [3.63, 3.8) is 0 Å². The second-order valence-corrected chi connectivity index (χ2v) is 2.82. The molecule has 1 aliphatic rings. The van der Waals surface area contributed by atoms with Crippen LogP contribution in [0.5, 0.6) is 0 Å². The summed E-state index contributed by atoms with van der Waals surface area (Å²) in [7, 11) is 0. The zero-order chi connectivity index (χ0) is 8.97. The van der Waals surface area contributed by atoms with Crippen molar-refractivity contribution in [3.05, 3.63) is 11.3 Å². The molecule has 0 aromatic carbocycles. The molecule has 0 aromatic heterocycles. The topological polar surface area (TPSA) is 52.9 Å². The summed E-state index contributed by atoms with van der Waals surface area (Å²) in [4.78, 5) is 11.0. The fourth-order valence-corrected chi connectivity index (χ4v) is 1.26. The van der Waals surface area contributed by atoms with Crippen molar-refractivity contribution in [2.24, 2.45) is 0 Å². The largest absolute Gasteiger partial charge is 0.329 e. The number of rotatable bonds is 2. The summed E-state index contributed by atoms with van der Waals surface area (Å²) >= 11 is 0. The van der Waals surface area contributed by atoms with Crippen LogP contribution >= 0.6 is 0 Å². The maximum Gasteiger partial charge on any atom is 0.223 e. The normalized spacial score (nSPS) is 16.0. The molecule has 0 fully saturated rings. The molecule has 0 heterocycles. The van der Waals surface area contributed by atoms with Gasteiger partial charge in [-0.05, 0) is 19.3 Å². The third-order valence-corrected chi connectivity index (χ3v) is 1.96. The molecule has 0 aromatic rings. The highest BCUT2D eigenvalue weighted by Gasteiger charge is 2.15. The first-order valence-corrected chi connectivity index (χ1v) is 4.20. The smallest absolute Gasteiger partial charge is 0.223 e. The zero-order valence-corrected chi connectivity index (χ0v) is 7.18. The molecule has 0 saturated carbocycles. The van der Waals surface area contributed by atoms with Gasteiger partial charge in [0.2, 0.25) is 5.91 Å². The molecule has 3 nitrogen and oxygen atoms in total. The number of carbonyl (C=O) groups excluding carboxylic acids is 1. The van der Waals surface area contributed by atoms with Crippen LogP contribution < -0.4 is 5.32 Å². The molecule has 0 unspecified atom stereocenters. The van der Waals surface area contributed by atoms with E-state index >= 15 is 0 Å². The van der Waals surface area contributed by atoms with Crippen molar-refractivity contribution in [2.75, 3.05) is 0 Å². The maximum absolute atomic E-state index is 11.0. The molecule has 3 heteroatoms. The van der Waals surface area contributed by atoms with Crippen LogP contribution in [0.4, 0.5) is 0 Å². The van der Waals surface area contributed by atoms with Gasteiger partial charge >= 0.3 is 0 Å². The zero-order valence-electron chi connectivity index (χ0n) is 7.18. The van der Waals surface area contributed by atoms with Crippen LogP contribution in [0.15, 0.2) is 11.3 Å². The van der Waals surface area contributed by atoms with Gasteiger partial charge in [0.05, 0.1) is 6.07 Å². The Balaban J connectivity index is 2.62. The molecule has 0 spiro atoms. The fraction of sp³-hybridized carbons (Fsp3) is 0.556. The summed E-state index contributed by atoms with van der Waals surface area (Å²) in [6.07, 6.45) is 3.12. The van der Waals surface area contributed by atoms with Gasteiger partial charge in [0, 0.05) is 17.7 Å². The quantitative estimate of drug-likeness (QED) is 0.672. The lowest BCUT2D eigenvalue weighted by atomic mass is 10.2. The minimum Gasteiger partial charge on any atom is -0.329 e. The highest BCUT2D eigenvalue weighted by atomic mass is 16.1. The molecule has 1 N–H and O–H groups in total. The van der Waals surface area contributed by atoms with Crippen LogP contribution in [0.25, 0.3) is 0 Å². The highest BCUT2D eigenvalue weighted by Crippen LogP contribution is 2.22. The Bertz CT molecular complexity index is 260. The van der Waals surface area contributed by atoms with Crippen molar-refractivity contribution in [1.29, 1.82) is 5.26 Å². The standard InChI is InChI=1S/C9H12N2O/c1-2-9(12)11-8-5-3-4-7(8)6-10/h2-5H2,1H3,(H,11,12). The molecule has 0 radical (unpaired) electrons. The summed E-state index contributed by atoms with van der Waals surface area (Å²) < 4.78 is 0. The van der Waals surface area contributed by atoms with E-state index in [4.69, 9.17) is 5.26 Å². The molecular weight excluding hydrogens is 152 g/mol. The van der Waals surface area contributed by atoms with Crippen molar-refractivity contribution in [1.82, 2.24) is 5.32 Å². The van der Waals surface area contributed by atoms with Gasteiger partial charge in [0.25, 0.3) is 0 Å². The van der Waals surface area contributed by atoms with Crippen LogP contribution in [0.2, 0.25) is 0 Å². The molecule has 1 aliphatic carbocycles. The molecule has 64 valence electrons. The molecule has 1 amide bonds. The SMILES string of the molecule is CCC(=O)NC1=C(C#N)CCC1. The van der Waals surface area contributed by atoms with Crippen LogP contribution in [0.3, 0.4) is 0 Å². The Hall–Kier alpha value is -1.30. The summed E-state index contributed by atoms with van der Waals surface area (Å²) in [6.45, 7) is 1.80. The van der Waals surface area contributed by atoms with E-state index in [0.717, 1.165) is 30.5 Å². The number of allylic oxidation sites excluding steroid dienone is 2. The maximum atomic E-state index is 11.0. The number of hydrogen-bond acceptors (Lipinski definition) is 2. The molecule has 1 rings (SSSR count). The second kappa shape index (κ2) is 3.91. The lowest BCUT2D eigenvalue weighted by Crippen LogP contribution is -2.21. The van der Waals surface area contributed by atoms with Crippen molar-refractivity contribution in [3.8, 4) is 6.07 Å². The third-order valence-electron chi connectivity index (χ3n) is 1.96. The minimum atomic E-state index is -0.000324. The Kier molecular flexibility index (Phi) is 2.87. The number of nitrogens with zero attached hydrogens (tertiary/aromatic N) is 1. The summed E-state index contributed by atoms with van der Waals surface area (Å²) in [5.41, 5.74) is 1.58. The van der Waals surface area contributed by atoms with E-state index in [1.165, 1.54) is 0 Å². The lowest BCUT2D eigenvalue weighted by molar-refractivity contribution is -0.120. The number of amides is 1. The van der Waals surface area contributed by atoms with E-state index in [9.17, 15) is 4.79 Å². The molecular formula is C9H12N2O. The van der Waals surface area contributed by atoms with Crippen molar-refractivity contribution in [2.45, 2.75) is 32.6 Å². The molecule has 0 atom stereocenters. The number of nitrogens with one attached hydrogen (secondary N) is 1. The van der Waals surface area contributed by atoms with Crippen LogP contribution in [-0.2, 0) is 4.79 Å². The van der Waals surface area contributed by atoms with Gasteiger partial charge in [0.1, 0.15) is 0 Å². The highest BCUT2D eigenvalue weighted by molar-refractivity contribution is 5.77. The summed E-state index contributed by atoms with van der Waals surface area (Å²) in [5.74, 6) is -0.000324. The first-order chi connectivity index (χ1) is 5.77. The van der Waals surface area contributed by atoms with Crippen LogP contribution in [0.1, 0.15) is 32.6 Å². The fourth-order valence-electron chi connectivity index (χ4n) is 1.26. The Labute approximate surface area is 72.1 Å². The Morgan fingerprint density at radius 3 is 3.00 bits per heavy atom. The molecule has 12 heavy (non-hydrogen) atoms. The van der Waals surface area contributed by atoms with Gasteiger partial charge < -0.3 is 5.32 Å². The second-order valence-electron chi connectivity index (χ2n) is 2.82. The van der Waals surface area contributed by atoms with E-state index in [-0.39, 0.29) is 5.91 Å². The van der Waals surface area contributed by atoms with E-state index in [0.29, 0.717) is 6.42 Å². The third kappa shape index (κ3) is 1.85. The molecule has 0 aliphatic heterocycles. The van der Waals surface area contributed by atoms with Crippen LogP contribution in [0, 0.1) is 11.3 Å². The van der Waals surface area contributed by atoms with Gasteiger partial charge in [-0.1, -0.05) is 6.92 Å². The van der Waals surface area contributed by atoms with E-state index in [2.05, 4.69) is 11.4 Å². The average Bonchev–Trinajstić information content (AvgIpc) is 2.51. The average molecular weight is 164 g/mol. The molecule has 0 saturated heterocycles. The number of nitriles is 1. The monoisotopic (exact) mass is 164 g/mol.